The summed E-state index contributed by atoms with van der Waals surface area (Å²) in [7, 11) is -3.55. The normalized spacial score (nSPS) is 14.4. The minimum absolute atomic E-state index is 0.0434. The number of rotatable bonds is 5. The molecule has 1 unspecified atom stereocenters. The van der Waals surface area contributed by atoms with Gasteiger partial charge in [-0.15, -0.1) is 0 Å². The summed E-state index contributed by atoms with van der Waals surface area (Å²) in [6.07, 6.45) is 0.397. The summed E-state index contributed by atoms with van der Waals surface area (Å²) in [4.78, 5) is 0.264. The number of benzene rings is 1. The first kappa shape index (κ1) is 16.1. The molecule has 0 saturated carbocycles. The number of nitrogens with one attached hydrogen (secondary N) is 1. The Kier molecular flexibility index (Phi) is 5.12. The molecule has 0 aliphatic heterocycles. The van der Waals surface area contributed by atoms with Crippen LogP contribution in [0.2, 0.25) is 0 Å². The third-order valence-electron chi connectivity index (χ3n) is 3.06. The zero-order valence-corrected chi connectivity index (χ0v) is 12.8. The van der Waals surface area contributed by atoms with Gasteiger partial charge >= 0.3 is 0 Å². The maximum absolute atomic E-state index is 12.3. The third-order valence-corrected chi connectivity index (χ3v) is 4.53. The van der Waals surface area contributed by atoms with E-state index in [1.54, 1.807) is 18.2 Å². The van der Waals surface area contributed by atoms with Crippen molar-refractivity contribution in [1.29, 1.82) is 0 Å². The SMILES string of the molecule is Cc1cccc(S(=O)(=O)NC(CCO)C(C)(C)C)c1. The second-order valence-electron chi connectivity index (χ2n) is 5.87. The van der Waals surface area contributed by atoms with Gasteiger partial charge < -0.3 is 5.11 Å². The quantitative estimate of drug-likeness (QED) is 0.870. The Morgan fingerprint density at radius 2 is 1.95 bits per heavy atom. The predicted molar refractivity (Wildman–Crippen MR) is 76.4 cm³/mol. The van der Waals surface area contributed by atoms with Gasteiger partial charge in [0.15, 0.2) is 0 Å². The summed E-state index contributed by atoms with van der Waals surface area (Å²) in [5.41, 5.74) is 0.650. The molecule has 0 aliphatic carbocycles. The van der Waals surface area contributed by atoms with Crippen molar-refractivity contribution in [2.45, 2.75) is 45.1 Å². The van der Waals surface area contributed by atoms with Crippen molar-refractivity contribution >= 4 is 10.0 Å². The van der Waals surface area contributed by atoms with Crippen molar-refractivity contribution in [2.75, 3.05) is 6.61 Å². The molecule has 2 N–H and O–H groups in total. The highest BCUT2D eigenvalue weighted by Gasteiger charge is 2.29. The summed E-state index contributed by atoms with van der Waals surface area (Å²) < 4.78 is 27.3. The van der Waals surface area contributed by atoms with E-state index >= 15 is 0 Å². The summed E-state index contributed by atoms with van der Waals surface area (Å²) in [5, 5.41) is 9.08. The zero-order valence-electron chi connectivity index (χ0n) is 12.0. The lowest BCUT2D eigenvalue weighted by Crippen LogP contribution is -2.44. The van der Waals surface area contributed by atoms with Crippen LogP contribution in [0.1, 0.15) is 32.8 Å². The fourth-order valence-electron chi connectivity index (χ4n) is 1.84. The minimum atomic E-state index is -3.55. The van der Waals surface area contributed by atoms with Gasteiger partial charge in [0.05, 0.1) is 4.90 Å². The van der Waals surface area contributed by atoms with E-state index in [1.807, 2.05) is 33.8 Å². The van der Waals surface area contributed by atoms with Gasteiger partial charge in [0.25, 0.3) is 0 Å². The predicted octanol–water partition coefficient (Wildman–Crippen LogP) is 2.07. The molecule has 1 aromatic carbocycles. The van der Waals surface area contributed by atoms with Crippen LogP contribution in [0, 0.1) is 12.3 Å². The second-order valence-corrected chi connectivity index (χ2v) is 7.58. The highest BCUT2D eigenvalue weighted by atomic mass is 32.2. The molecule has 4 nitrogen and oxygen atoms in total. The van der Waals surface area contributed by atoms with Gasteiger partial charge in [-0.3, -0.25) is 0 Å². The molecule has 0 fully saturated rings. The molecule has 0 aromatic heterocycles. The number of aryl methyl sites for hydroxylation is 1. The Morgan fingerprint density at radius 1 is 1.32 bits per heavy atom. The smallest absolute Gasteiger partial charge is 0.240 e. The first-order valence-corrected chi connectivity index (χ1v) is 7.85. The standard InChI is InChI=1S/C14H23NO3S/c1-11-6-5-7-12(10-11)19(17,18)15-13(8-9-16)14(2,3)4/h5-7,10,13,15-16H,8-9H2,1-4H3. The Bertz CT molecular complexity index is 518. The van der Waals surface area contributed by atoms with E-state index in [-0.39, 0.29) is 23.0 Å². The van der Waals surface area contributed by atoms with Crippen molar-refractivity contribution in [3.05, 3.63) is 29.8 Å². The molecule has 0 saturated heterocycles. The topological polar surface area (TPSA) is 66.4 Å². The van der Waals surface area contributed by atoms with Gasteiger partial charge in [-0.2, -0.15) is 0 Å². The molecule has 0 bridgehead atoms. The van der Waals surface area contributed by atoms with Gasteiger partial charge in [-0.25, -0.2) is 13.1 Å². The average molecular weight is 285 g/mol. The Balaban J connectivity index is 3.01. The van der Waals surface area contributed by atoms with Gasteiger partial charge in [-0.1, -0.05) is 32.9 Å². The van der Waals surface area contributed by atoms with Crippen LogP contribution in [0.4, 0.5) is 0 Å². The zero-order chi connectivity index (χ0) is 14.7. The Labute approximate surface area is 115 Å². The number of hydrogen-bond acceptors (Lipinski definition) is 3. The van der Waals surface area contributed by atoms with Crippen molar-refractivity contribution in [3.8, 4) is 0 Å². The van der Waals surface area contributed by atoms with E-state index in [9.17, 15) is 8.42 Å². The van der Waals surface area contributed by atoms with Crippen LogP contribution in [0.25, 0.3) is 0 Å². The first-order chi connectivity index (χ1) is 8.66. The molecule has 108 valence electrons. The molecule has 0 spiro atoms. The van der Waals surface area contributed by atoms with Crippen molar-refractivity contribution < 1.29 is 13.5 Å². The highest BCUT2D eigenvalue weighted by Crippen LogP contribution is 2.24. The number of hydrogen-bond donors (Lipinski definition) is 2. The van der Waals surface area contributed by atoms with Gasteiger partial charge in [0.2, 0.25) is 10.0 Å². The highest BCUT2D eigenvalue weighted by molar-refractivity contribution is 7.89. The van der Waals surface area contributed by atoms with Crippen molar-refractivity contribution in [3.63, 3.8) is 0 Å². The largest absolute Gasteiger partial charge is 0.396 e. The molecule has 1 rings (SSSR count). The Morgan fingerprint density at radius 3 is 2.42 bits per heavy atom. The van der Waals surface area contributed by atoms with Crippen molar-refractivity contribution in [1.82, 2.24) is 4.72 Å². The fourth-order valence-corrected chi connectivity index (χ4v) is 3.42. The van der Waals surface area contributed by atoms with Gasteiger partial charge in [-0.05, 0) is 36.5 Å². The third kappa shape index (κ3) is 4.60. The van der Waals surface area contributed by atoms with Crippen LogP contribution >= 0.6 is 0 Å². The lowest BCUT2D eigenvalue weighted by Gasteiger charge is -2.30. The van der Waals surface area contributed by atoms with E-state index in [2.05, 4.69) is 4.72 Å². The van der Waals surface area contributed by atoms with Crippen LogP contribution in [0.5, 0.6) is 0 Å². The van der Waals surface area contributed by atoms with Crippen LogP contribution < -0.4 is 4.72 Å². The lowest BCUT2D eigenvalue weighted by atomic mass is 9.86. The first-order valence-electron chi connectivity index (χ1n) is 6.36. The van der Waals surface area contributed by atoms with E-state index in [0.29, 0.717) is 6.42 Å². The molecule has 0 aliphatic rings. The summed E-state index contributed by atoms with van der Waals surface area (Å²) >= 11 is 0. The van der Waals surface area contributed by atoms with E-state index < -0.39 is 10.0 Å². The molecule has 1 atom stereocenters. The fraction of sp³-hybridized carbons (Fsp3) is 0.571. The van der Waals surface area contributed by atoms with Crippen molar-refractivity contribution in [2.24, 2.45) is 5.41 Å². The van der Waals surface area contributed by atoms with E-state index in [1.165, 1.54) is 0 Å². The van der Waals surface area contributed by atoms with Crippen LogP contribution in [0.15, 0.2) is 29.2 Å². The monoisotopic (exact) mass is 285 g/mol. The molecule has 19 heavy (non-hydrogen) atoms. The molecule has 5 heteroatoms. The molecule has 0 radical (unpaired) electrons. The minimum Gasteiger partial charge on any atom is -0.396 e. The molecule has 0 heterocycles. The summed E-state index contributed by atoms with van der Waals surface area (Å²) in [5.74, 6) is 0. The Hall–Kier alpha value is -0.910. The molecular formula is C14H23NO3S. The maximum atomic E-state index is 12.3. The lowest BCUT2D eigenvalue weighted by molar-refractivity contribution is 0.214. The summed E-state index contributed by atoms with van der Waals surface area (Å²) in [6, 6.07) is 6.49. The van der Waals surface area contributed by atoms with Crippen LogP contribution in [0.3, 0.4) is 0 Å². The van der Waals surface area contributed by atoms with Crippen LogP contribution in [-0.2, 0) is 10.0 Å². The number of sulfonamides is 1. The number of aliphatic hydroxyl groups is 1. The van der Waals surface area contributed by atoms with E-state index in [4.69, 9.17) is 5.11 Å². The maximum Gasteiger partial charge on any atom is 0.240 e. The van der Waals surface area contributed by atoms with Gasteiger partial charge in [0, 0.05) is 12.6 Å². The molecule has 1 aromatic rings. The van der Waals surface area contributed by atoms with E-state index in [0.717, 1.165) is 5.56 Å². The molecular weight excluding hydrogens is 262 g/mol. The van der Waals surface area contributed by atoms with Crippen LogP contribution in [-0.4, -0.2) is 26.2 Å². The second kappa shape index (κ2) is 6.03. The molecule has 0 amide bonds. The number of aliphatic hydroxyl groups excluding tert-OH is 1. The average Bonchev–Trinajstić information content (AvgIpc) is 2.27. The summed E-state index contributed by atoms with van der Waals surface area (Å²) in [6.45, 7) is 7.66. The van der Waals surface area contributed by atoms with Gasteiger partial charge in [0.1, 0.15) is 0 Å².